The normalized spacial score (nSPS) is 2.57. The van der Waals surface area contributed by atoms with Crippen LogP contribution in [0.25, 0.3) is 0 Å². The molecule has 0 fully saturated rings. The molecule has 0 nitrogen and oxygen atoms in total. The van der Waals surface area contributed by atoms with Crippen LogP contribution in [0.1, 0.15) is 6.42 Å². The standard InChI is InChI=1S/C3H6.2CH3.2W/c1-3-2;;;;/h1-3H2;2*1H3;;/q-2;2*-1;2*+2. The molecule has 0 saturated heterocycles. The van der Waals surface area contributed by atoms with Crippen LogP contribution < -0.4 is 0 Å². The maximum absolute atomic E-state index is 3.38. The Balaban J connectivity index is -0.00000000333. The van der Waals surface area contributed by atoms with Crippen LogP contribution in [0.2, 0.25) is 0 Å². The van der Waals surface area contributed by atoms with Crippen molar-refractivity contribution in [2.45, 2.75) is 6.42 Å². The third kappa shape index (κ3) is 113. The van der Waals surface area contributed by atoms with Crippen molar-refractivity contribution in [2.75, 3.05) is 0 Å². The van der Waals surface area contributed by atoms with Crippen molar-refractivity contribution >= 4 is 0 Å². The molecule has 0 aliphatic heterocycles. The van der Waals surface area contributed by atoms with E-state index >= 15 is 0 Å². The van der Waals surface area contributed by atoms with Gasteiger partial charge in [-0.15, -0.1) is 0 Å². The minimum atomic E-state index is 0. The molecule has 0 N–H and O–H groups in total. The Bertz CT molecular complexity index is 6.04. The zero-order valence-electron chi connectivity index (χ0n) is 4.94. The van der Waals surface area contributed by atoms with Crippen LogP contribution >= 0.6 is 0 Å². The summed E-state index contributed by atoms with van der Waals surface area (Å²) < 4.78 is 0. The predicted molar refractivity (Wildman–Crippen MR) is 28.2 cm³/mol. The first-order valence-corrected chi connectivity index (χ1v) is 1.000. The molecule has 44 valence electrons. The Kier molecular flexibility index (Phi) is 303. The molecule has 0 unspecified atom stereocenters. The summed E-state index contributed by atoms with van der Waals surface area (Å²) in [6, 6.07) is 0. The Hall–Kier alpha value is 1.38. The van der Waals surface area contributed by atoms with Crippen LogP contribution in [-0.4, -0.2) is 0 Å². The minimum absolute atomic E-state index is 0. The Morgan fingerprint density at radius 3 is 0.857 bits per heavy atom. The molecule has 0 saturated carbocycles. The molecule has 0 spiro atoms. The molecule has 0 heterocycles. The van der Waals surface area contributed by atoms with E-state index in [9.17, 15) is 0 Å². The quantitative estimate of drug-likeness (QED) is 0.506. The Morgan fingerprint density at radius 2 is 0.857 bits per heavy atom. The zero-order chi connectivity index (χ0) is 2.71. The average Bonchev–Trinajstić information content (AvgIpc) is 0.918. The van der Waals surface area contributed by atoms with Crippen molar-refractivity contribution in [2.24, 2.45) is 0 Å². The molecule has 7 heavy (non-hydrogen) atoms. The summed E-state index contributed by atoms with van der Waals surface area (Å²) in [5.41, 5.74) is 0. The fraction of sp³-hybridized carbons (Fsp3) is 0.200. The summed E-state index contributed by atoms with van der Waals surface area (Å²) in [5, 5.41) is 0. The first kappa shape index (κ1) is 40.0. The summed E-state index contributed by atoms with van der Waals surface area (Å²) in [6.07, 6.45) is 0.750. The molecular formula is C5H12W2. The molecule has 0 bridgehead atoms. The van der Waals surface area contributed by atoms with E-state index in [1.165, 1.54) is 0 Å². The fourth-order valence-electron chi connectivity index (χ4n) is 0. The molecule has 0 aromatic rings. The summed E-state index contributed by atoms with van der Waals surface area (Å²) in [7, 11) is 0. The summed E-state index contributed by atoms with van der Waals surface area (Å²) in [5.74, 6) is 0. The van der Waals surface area contributed by atoms with Gasteiger partial charge >= 0.3 is 42.1 Å². The third-order valence-electron chi connectivity index (χ3n) is 0. The van der Waals surface area contributed by atoms with Gasteiger partial charge in [-0.1, -0.05) is 0 Å². The molecule has 0 atom stereocenters. The van der Waals surface area contributed by atoms with Crippen LogP contribution in [0, 0.1) is 28.7 Å². The van der Waals surface area contributed by atoms with Gasteiger partial charge in [-0.3, -0.25) is 0 Å². The fourth-order valence-corrected chi connectivity index (χ4v) is 0. The molecule has 0 aromatic carbocycles. The van der Waals surface area contributed by atoms with E-state index in [2.05, 4.69) is 13.8 Å². The summed E-state index contributed by atoms with van der Waals surface area (Å²) in [6.45, 7) is 6.75. The molecule has 0 aliphatic carbocycles. The van der Waals surface area contributed by atoms with Crippen molar-refractivity contribution in [3.05, 3.63) is 28.7 Å². The van der Waals surface area contributed by atoms with E-state index in [-0.39, 0.29) is 57.0 Å². The molecule has 0 rings (SSSR count). The number of hydrogen-bond donors (Lipinski definition) is 0. The van der Waals surface area contributed by atoms with Crippen molar-refractivity contribution in [1.29, 1.82) is 0 Å². The molecule has 0 radical (unpaired) electrons. The van der Waals surface area contributed by atoms with E-state index in [0.29, 0.717) is 0 Å². The van der Waals surface area contributed by atoms with Gasteiger partial charge in [-0.05, 0) is 0 Å². The summed E-state index contributed by atoms with van der Waals surface area (Å²) >= 11 is 0. The van der Waals surface area contributed by atoms with Gasteiger partial charge in [0.2, 0.25) is 0 Å². The van der Waals surface area contributed by atoms with Crippen molar-refractivity contribution in [3.8, 4) is 0 Å². The maximum Gasteiger partial charge on any atom is 2.00 e. The van der Waals surface area contributed by atoms with Gasteiger partial charge in [0, 0.05) is 0 Å². The second-order valence-electron chi connectivity index (χ2n) is 0.354. The van der Waals surface area contributed by atoms with Crippen LogP contribution in [0.4, 0.5) is 0 Å². The van der Waals surface area contributed by atoms with Gasteiger partial charge in [0.15, 0.2) is 0 Å². The Morgan fingerprint density at radius 1 is 0.857 bits per heavy atom. The first-order valence-electron chi connectivity index (χ1n) is 1.000. The molecule has 2 heteroatoms. The third-order valence-corrected chi connectivity index (χ3v) is 0. The van der Waals surface area contributed by atoms with Crippen molar-refractivity contribution in [3.63, 3.8) is 0 Å². The van der Waals surface area contributed by atoms with Crippen LogP contribution in [0.5, 0.6) is 0 Å². The average molecular weight is 440 g/mol. The molecule has 0 aliphatic rings. The number of rotatable bonds is 0. The van der Waals surface area contributed by atoms with Crippen molar-refractivity contribution in [1.82, 2.24) is 0 Å². The molecule has 0 aromatic heterocycles. The monoisotopic (exact) mass is 440 g/mol. The smallest absolute Gasteiger partial charge is 0.372 e. The van der Waals surface area contributed by atoms with Crippen LogP contribution in [-0.2, 0) is 42.1 Å². The second-order valence-corrected chi connectivity index (χ2v) is 0.354. The van der Waals surface area contributed by atoms with Gasteiger partial charge < -0.3 is 35.1 Å². The van der Waals surface area contributed by atoms with E-state index in [1.807, 2.05) is 0 Å². The van der Waals surface area contributed by atoms with Gasteiger partial charge in [0.25, 0.3) is 0 Å². The predicted octanol–water partition coefficient (Wildman–Crippen LogP) is 1.94. The molecule has 0 amide bonds. The maximum atomic E-state index is 3.38. The van der Waals surface area contributed by atoms with Crippen LogP contribution in [0.3, 0.4) is 0 Å². The van der Waals surface area contributed by atoms with E-state index < -0.39 is 0 Å². The zero-order valence-corrected chi connectivity index (χ0v) is 10.8. The van der Waals surface area contributed by atoms with Gasteiger partial charge in [-0.25, -0.2) is 0 Å². The van der Waals surface area contributed by atoms with E-state index in [4.69, 9.17) is 0 Å². The first-order chi connectivity index (χ1) is 1.41. The topological polar surface area (TPSA) is 0 Å². The molecular weight excluding hydrogens is 428 g/mol. The summed E-state index contributed by atoms with van der Waals surface area (Å²) in [4.78, 5) is 0. The SMILES string of the molecule is [CH2-]C[CH2-].[CH3-].[CH3-].[W+2].[W+2]. The van der Waals surface area contributed by atoms with Gasteiger partial charge in [-0.2, -0.15) is 0 Å². The van der Waals surface area contributed by atoms with Gasteiger partial charge in [0.05, 0.1) is 0 Å². The van der Waals surface area contributed by atoms with E-state index in [1.54, 1.807) is 0 Å². The van der Waals surface area contributed by atoms with Gasteiger partial charge in [0.1, 0.15) is 0 Å². The van der Waals surface area contributed by atoms with Crippen LogP contribution in [0.15, 0.2) is 0 Å². The second kappa shape index (κ2) is 53.1. The number of hydrogen-bond acceptors (Lipinski definition) is 0. The minimum Gasteiger partial charge on any atom is -0.372 e. The largest absolute Gasteiger partial charge is 2.00 e. The van der Waals surface area contributed by atoms with Crippen molar-refractivity contribution < 1.29 is 42.1 Å². The Labute approximate surface area is 77.0 Å². The van der Waals surface area contributed by atoms with E-state index in [0.717, 1.165) is 6.42 Å².